The van der Waals surface area contributed by atoms with Gasteiger partial charge in [-0.3, -0.25) is 5.32 Å². The van der Waals surface area contributed by atoms with Gasteiger partial charge in [0, 0.05) is 5.69 Å². The van der Waals surface area contributed by atoms with Crippen molar-refractivity contribution in [2.45, 2.75) is 23.8 Å². The van der Waals surface area contributed by atoms with Gasteiger partial charge in [0.15, 0.2) is 11.3 Å². The van der Waals surface area contributed by atoms with Crippen LogP contribution in [-0.2, 0) is 4.74 Å². The maximum absolute atomic E-state index is 11.5. The van der Waals surface area contributed by atoms with Crippen LogP contribution in [0.5, 0.6) is 0 Å². The van der Waals surface area contributed by atoms with E-state index in [0.717, 1.165) is 11.3 Å². The standard InChI is InChI=1S/C13H16Cl3N3O2S/c1-3-21-12(20)19-10(13(14,15)16)18-11(22)17-9-6-4-5-8(2)7-9/h4-7,10H,3H2,1-2H3,(H,19,20)(H2,17,18,22)/t10-/m1/s1. The van der Waals surface area contributed by atoms with E-state index in [0.29, 0.717) is 0 Å². The number of carbonyl (C=O) groups is 1. The Labute approximate surface area is 149 Å². The molecule has 1 aromatic rings. The maximum atomic E-state index is 11.5. The molecule has 0 saturated carbocycles. The molecule has 0 spiro atoms. The molecule has 0 radical (unpaired) electrons. The average molecular weight is 385 g/mol. The van der Waals surface area contributed by atoms with Crippen LogP contribution in [0.3, 0.4) is 0 Å². The molecule has 5 nitrogen and oxygen atoms in total. The van der Waals surface area contributed by atoms with Crippen molar-refractivity contribution in [3.8, 4) is 0 Å². The number of nitrogens with one attached hydrogen (secondary N) is 3. The molecule has 0 bridgehead atoms. The predicted molar refractivity (Wildman–Crippen MR) is 94.8 cm³/mol. The smallest absolute Gasteiger partial charge is 0.408 e. The quantitative estimate of drug-likeness (QED) is 0.419. The highest BCUT2D eigenvalue weighted by Crippen LogP contribution is 2.29. The fourth-order valence-electron chi connectivity index (χ4n) is 1.51. The van der Waals surface area contributed by atoms with E-state index in [1.54, 1.807) is 6.92 Å². The average Bonchev–Trinajstić information content (AvgIpc) is 2.37. The zero-order chi connectivity index (χ0) is 16.8. The lowest BCUT2D eigenvalue weighted by molar-refractivity contribution is 0.147. The number of halogens is 3. The normalized spacial score (nSPS) is 12.2. The molecule has 22 heavy (non-hydrogen) atoms. The minimum atomic E-state index is -1.81. The van der Waals surface area contributed by atoms with Crippen molar-refractivity contribution in [1.29, 1.82) is 0 Å². The number of thiocarbonyl (C=S) groups is 1. The molecule has 9 heteroatoms. The molecule has 1 rings (SSSR count). The highest BCUT2D eigenvalue weighted by molar-refractivity contribution is 7.80. The molecular weight excluding hydrogens is 369 g/mol. The van der Waals surface area contributed by atoms with Gasteiger partial charge >= 0.3 is 6.09 Å². The summed E-state index contributed by atoms with van der Waals surface area (Å²) in [6.45, 7) is 3.82. The van der Waals surface area contributed by atoms with Crippen LogP contribution in [-0.4, -0.2) is 27.8 Å². The summed E-state index contributed by atoms with van der Waals surface area (Å²) in [5, 5.41) is 8.25. The number of aryl methyl sites for hydroxylation is 1. The first-order chi connectivity index (χ1) is 10.2. The molecule has 0 unspecified atom stereocenters. The molecule has 3 N–H and O–H groups in total. The number of anilines is 1. The van der Waals surface area contributed by atoms with Crippen LogP contribution in [0.2, 0.25) is 0 Å². The van der Waals surface area contributed by atoms with Gasteiger partial charge in [0.25, 0.3) is 0 Å². The maximum Gasteiger partial charge on any atom is 0.408 e. The summed E-state index contributed by atoms with van der Waals surface area (Å²) in [5.74, 6) is 0. The first kappa shape index (κ1) is 19.1. The number of benzene rings is 1. The summed E-state index contributed by atoms with van der Waals surface area (Å²) in [5.41, 5.74) is 1.84. The molecular formula is C13H16Cl3N3O2S. The second-order valence-electron chi connectivity index (χ2n) is 4.31. The summed E-state index contributed by atoms with van der Waals surface area (Å²) in [6.07, 6.45) is -1.77. The molecule has 1 aromatic carbocycles. The Bertz CT molecular complexity index is 538. The zero-order valence-electron chi connectivity index (χ0n) is 12.0. The molecule has 0 saturated heterocycles. The van der Waals surface area contributed by atoms with Crippen molar-refractivity contribution in [2.24, 2.45) is 0 Å². The first-order valence-electron chi connectivity index (χ1n) is 6.36. The second-order valence-corrected chi connectivity index (χ2v) is 7.08. The van der Waals surface area contributed by atoms with E-state index >= 15 is 0 Å². The largest absolute Gasteiger partial charge is 0.450 e. The van der Waals surface area contributed by atoms with Crippen molar-refractivity contribution < 1.29 is 9.53 Å². The van der Waals surface area contributed by atoms with E-state index in [-0.39, 0.29) is 11.7 Å². The Hall–Kier alpha value is -0.950. The highest BCUT2D eigenvalue weighted by Gasteiger charge is 2.35. The lowest BCUT2D eigenvalue weighted by Gasteiger charge is -2.27. The summed E-state index contributed by atoms with van der Waals surface area (Å²) >= 11 is 22.6. The summed E-state index contributed by atoms with van der Waals surface area (Å²) in [7, 11) is 0. The predicted octanol–water partition coefficient (Wildman–Crippen LogP) is 3.72. The summed E-state index contributed by atoms with van der Waals surface area (Å²) in [4.78, 5) is 11.5. The third kappa shape index (κ3) is 6.87. The van der Waals surface area contributed by atoms with E-state index < -0.39 is 16.1 Å². The fraction of sp³-hybridized carbons (Fsp3) is 0.385. The Morgan fingerprint density at radius 2 is 2.05 bits per heavy atom. The van der Waals surface area contributed by atoms with E-state index in [4.69, 9.17) is 51.8 Å². The van der Waals surface area contributed by atoms with Crippen LogP contribution in [0.25, 0.3) is 0 Å². The Morgan fingerprint density at radius 3 is 2.59 bits per heavy atom. The Balaban J connectivity index is 2.68. The summed E-state index contributed by atoms with van der Waals surface area (Å²) in [6, 6.07) is 7.57. The molecule has 0 fully saturated rings. The highest BCUT2D eigenvalue weighted by atomic mass is 35.6. The Morgan fingerprint density at radius 1 is 1.36 bits per heavy atom. The molecule has 122 valence electrons. The van der Waals surface area contributed by atoms with Crippen molar-refractivity contribution in [1.82, 2.24) is 10.6 Å². The number of rotatable bonds is 4. The van der Waals surface area contributed by atoms with Crippen LogP contribution < -0.4 is 16.0 Å². The lowest BCUT2D eigenvalue weighted by atomic mass is 10.2. The van der Waals surface area contributed by atoms with E-state index in [1.165, 1.54) is 0 Å². The van der Waals surface area contributed by atoms with Crippen LogP contribution in [0.15, 0.2) is 24.3 Å². The van der Waals surface area contributed by atoms with Gasteiger partial charge in [-0.15, -0.1) is 0 Å². The van der Waals surface area contributed by atoms with Crippen molar-refractivity contribution in [3.63, 3.8) is 0 Å². The third-order valence-electron chi connectivity index (χ3n) is 2.42. The molecule has 0 aliphatic carbocycles. The number of hydrogen-bond donors (Lipinski definition) is 3. The van der Waals surface area contributed by atoms with E-state index in [9.17, 15) is 4.79 Å². The van der Waals surface area contributed by atoms with Gasteiger partial charge in [0.05, 0.1) is 6.61 Å². The van der Waals surface area contributed by atoms with E-state index in [2.05, 4.69) is 16.0 Å². The monoisotopic (exact) mass is 383 g/mol. The molecule has 0 heterocycles. The van der Waals surface area contributed by atoms with Gasteiger partial charge in [-0.2, -0.15) is 0 Å². The Kier molecular flexibility index (Phi) is 7.48. The van der Waals surface area contributed by atoms with Crippen molar-refractivity contribution >= 4 is 63.9 Å². The van der Waals surface area contributed by atoms with Gasteiger partial charge in [0.2, 0.25) is 3.79 Å². The minimum absolute atomic E-state index is 0.193. The third-order valence-corrected chi connectivity index (χ3v) is 3.29. The number of carbonyl (C=O) groups excluding carboxylic acids is 1. The molecule has 1 atom stereocenters. The molecule has 0 aliphatic rings. The molecule has 0 aliphatic heterocycles. The molecule has 0 aromatic heterocycles. The zero-order valence-corrected chi connectivity index (χ0v) is 15.0. The van der Waals surface area contributed by atoms with Gasteiger partial charge in [0.1, 0.15) is 0 Å². The SMILES string of the molecule is CCOC(=O)N[C@@H](NC(=S)Nc1cccc(C)c1)C(Cl)(Cl)Cl. The van der Waals surface area contributed by atoms with Gasteiger partial charge in [-0.1, -0.05) is 46.9 Å². The lowest BCUT2D eigenvalue weighted by Crippen LogP contribution is -2.56. The number of amides is 1. The van der Waals surface area contributed by atoms with Crippen LogP contribution in [0.4, 0.5) is 10.5 Å². The number of alkyl carbamates (subject to hydrolysis) is 1. The number of alkyl halides is 3. The van der Waals surface area contributed by atoms with Gasteiger partial charge in [-0.05, 0) is 43.8 Å². The number of hydrogen-bond acceptors (Lipinski definition) is 3. The summed E-state index contributed by atoms with van der Waals surface area (Å²) < 4.78 is 2.94. The van der Waals surface area contributed by atoms with E-state index in [1.807, 2.05) is 31.2 Å². The first-order valence-corrected chi connectivity index (χ1v) is 7.90. The van der Waals surface area contributed by atoms with Crippen molar-refractivity contribution in [3.05, 3.63) is 29.8 Å². The van der Waals surface area contributed by atoms with Crippen LogP contribution in [0.1, 0.15) is 12.5 Å². The second kappa shape index (κ2) is 8.62. The van der Waals surface area contributed by atoms with Crippen LogP contribution in [0, 0.1) is 6.92 Å². The van der Waals surface area contributed by atoms with Gasteiger partial charge < -0.3 is 15.4 Å². The fourth-order valence-corrected chi connectivity index (χ4v) is 2.07. The van der Waals surface area contributed by atoms with Crippen molar-refractivity contribution in [2.75, 3.05) is 11.9 Å². The minimum Gasteiger partial charge on any atom is -0.450 e. The van der Waals surface area contributed by atoms with Gasteiger partial charge in [-0.25, -0.2) is 4.79 Å². The van der Waals surface area contributed by atoms with Crippen LogP contribution >= 0.6 is 47.0 Å². The number of ether oxygens (including phenoxy) is 1. The topological polar surface area (TPSA) is 62.4 Å². The molecule has 1 amide bonds.